The van der Waals surface area contributed by atoms with Crippen molar-refractivity contribution >= 4 is 15.7 Å². The largest absolute Gasteiger partial charge is 0.399 e. The van der Waals surface area contributed by atoms with Crippen molar-refractivity contribution in [3.05, 3.63) is 29.8 Å². The highest BCUT2D eigenvalue weighted by Gasteiger charge is 2.02. The van der Waals surface area contributed by atoms with Gasteiger partial charge in [-0.2, -0.15) is 0 Å². The van der Waals surface area contributed by atoms with Crippen LogP contribution in [0.5, 0.6) is 0 Å². The molecule has 0 radical (unpaired) electrons. The Morgan fingerprint density at radius 1 is 1.15 bits per heavy atom. The van der Waals surface area contributed by atoms with Gasteiger partial charge in [-0.25, -0.2) is 13.6 Å². The van der Waals surface area contributed by atoms with Gasteiger partial charge >= 0.3 is 0 Å². The molecule has 0 saturated carbocycles. The van der Waals surface area contributed by atoms with E-state index in [1.54, 1.807) is 24.3 Å². The zero-order chi connectivity index (χ0) is 9.90. The number of anilines is 1. The summed E-state index contributed by atoms with van der Waals surface area (Å²) < 4.78 is 21.2. The first-order valence-corrected chi connectivity index (χ1v) is 5.54. The van der Waals surface area contributed by atoms with Crippen LogP contribution in [0, 0.1) is 0 Å². The summed E-state index contributed by atoms with van der Waals surface area (Å²) in [5, 5.41) is 4.86. The summed E-state index contributed by atoms with van der Waals surface area (Å²) in [5.41, 5.74) is 7.05. The molecule has 1 aromatic carbocycles. The molecule has 0 aliphatic rings. The van der Waals surface area contributed by atoms with Crippen molar-refractivity contribution in [1.29, 1.82) is 0 Å². The molecule has 0 aliphatic heterocycles. The maximum atomic E-state index is 10.6. The number of aryl methyl sites for hydroxylation is 1. The lowest BCUT2D eigenvalue weighted by Gasteiger charge is -2.00. The number of hydrogen-bond donors (Lipinski definition) is 2. The summed E-state index contributed by atoms with van der Waals surface area (Å²) in [4.78, 5) is 0. The summed E-state index contributed by atoms with van der Waals surface area (Å²) in [5.74, 6) is -0.0308. The van der Waals surface area contributed by atoms with Crippen molar-refractivity contribution in [3.63, 3.8) is 0 Å². The highest BCUT2D eigenvalue weighted by molar-refractivity contribution is 7.89. The molecule has 13 heavy (non-hydrogen) atoms. The number of hydrogen-bond acceptors (Lipinski definition) is 3. The summed E-state index contributed by atoms with van der Waals surface area (Å²) >= 11 is 0. The predicted octanol–water partition coefficient (Wildman–Crippen LogP) is 0.0998. The van der Waals surface area contributed by atoms with Crippen LogP contribution >= 0.6 is 0 Å². The van der Waals surface area contributed by atoms with Gasteiger partial charge in [0, 0.05) is 5.69 Å². The van der Waals surface area contributed by atoms with E-state index in [1.165, 1.54) is 0 Å². The van der Waals surface area contributed by atoms with E-state index in [-0.39, 0.29) is 5.75 Å². The van der Waals surface area contributed by atoms with E-state index in [2.05, 4.69) is 0 Å². The van der Waals surface area contributed by atoms with Crippen LogP contribution in [0.4, 0.5) is 5.69 Å². The van der Waals surface area contributed by atoms with Crippen molar-refractivity contribution in [1.82, 2.24) is 0 Å². The van der Waals surface area contributed by atoms with Gasteiger partial charge in [0.15, 0.2) is 0 Å². The Morgan fingerprint density at radius 2 is 1.69 bits per heavy atom. The zero-order valence-electron chi connectivity index (χ0n) is 7.10. The molecular formula is C8H12N2O2S. The standard InChI is InChI=1S/C8H12N2O2S/c9-8-3-1-7(2-4-8)5-6-13(10,11)12/h1-4H,5-6,9H2,(H2,10,11,12). The number of nitrogen functional groups attached to an aromatic ring is 1. The molecule has 0 saturated heterocycles. The van der Waals surface area contributed by atoms with Crippen LogP contribution in [-0.2, 0) is 16.4 Å². The SMILES string of the molecule is Nc1ccc(CCS(N)(=O)=O)cc1. The molecule has 0 heterocycles. The third kappa shape index (κ3) is 3.91. The Balaban J connectivity index is 2.61. The fourth-order valence-electron chi connectivity index (χ4n) is 0.944. The van der Waals surface area contributed by atoms with Crippen molar-refractivity contribution in [2.75, 3.05) is 11.5 Å². The van der Waals surface area contributed by atoms with E-state index in [0.29, 0.717) is 12.1 Å². The van der Waals surface area contributed by atoms with Crippen LogP contribution in [-0.4, -0.2) is 14.2 Å². The molecule has 72 valence electrons. The summed E-state index contributed by atoms with van der Waals surface area (Å²) in [6.45, 7) is 0. The predicted molar refractivity (Wildman–Crippen MR) is 52.5 cm³/mol. The Labute approximate surface area is 77.6 Å². The highest BCUT2D eigenvalue weighted by Crippen LogP contribution is 2.06. The lowest BCUT2D eigenvalue weighted by atomic mass is 10.2. The molecule has 0 aromatic heterocycles. The summed E-state index contributed by atoms with van der Waals surface area (Å²) in [6.07, 6.45) is 0.430. The van der Waals surface area contributed by atoms with E-state index in [9.17, 15) is 8.42 Å². The van der Waals surface area contributed by atoms with Crippen LogP contribution in [0.15, 0.2) is 24.3 Å². The number of rotatable bonds is 3. The Hall–Kier alpha value is -1.07. The first kappa shape index (κ1) is 10.0. The molecular weight excluding hydrogens is 188 g/mol. The number of benzene rings is 1. The molecule has 0 spiro atoms. The van der Waals surface area contributed by atoms with E-state index in [1.807, 2.05) is 0 Å². The summed E-state index contributed by atoms with van der Waals surface area (Å²) in [7, 11) is -3.36. The average Bonchev–Trinajstić information content (AvgIpc) is 2.02. The van der Waals surface area contributed by atoms with E-state index >= 15 is 0 Å². The number of primary sulfonamides is 1. The minimum Gasteiger partial charge on any atom is -0.399 e. The molecule has 0 fully saturated rings. The van der Waals surface area contributed by atoms with Gasteiger partial charge in [0.05, 0.1) is 5.75 Å². The minimum atomic E-state index is -3.36. The normalized spacial score (nSPS) is 11.5. The molecule has 1 aromatic rings. The Kier molecular flexibility index (Phi) is 2.90. The molecule has 0 atom stereocenters. The van der Waals surface area contributed by atoms with E-state index in [0.717, 1.165) is 5.56 Å². The lowest BCUT2D eigenvalue weighted by Crippen LogP contribution is -2.17. The molecule has 5 heteroatoms. The van der Waals surface area contributed by atoms with Crippen LogP contribution in [0.2, 0.25) is 0 Å². The maximum Gasteiger partial charge on any atom is 0.209 e. The van der Waals surface area contributed by atoms with Gasteiger partial charge in [-0.1, -0.05) is 12.1 Å². The zero-order valence-corrected chi connectivity index (χ0v) is 7.92. The van der Waals surface area contributed by atoms with Crippen LogP contribution in [0.3, 0.4) is 0 Å². The molecule has 4 N–H and O–H groups in total. The maximum absolute atomic E-state index is 10.6. The molecule has 0 amide bonds. The minimum absolute atomic E-state index is 0.0308. The number of sulfonamides is 1. The highest BCUT2D eigenvalue weighted by atomic mass is 32.2. The fraction of sp³-hybridized carbons (Fsp3) is 0.250. The van der Waals surface area contributed by atoms with Gasteiger partial charge < -0.3 is 5.73 Å². The molecule has 0 unspecified atom stereocenters. The van der Waals surface area contributed by atoms with Gasteiger partial charge in [-0.15, -0.1) is 0 Å². The second-order valence-corrected chi connectivity index (χ2v) is 4.59. The van der Waals surface area contributed by atoms with Gasteiger partial charge in [0.25, 0.3) is 0 Å². The molecule has 0 aliphatic carbocycles. The first-order chi connectivity index (χ1) is 5.97. The molecule has 0 bridgehead atoms. The fourth-order valence-corrected chi connectivity index (χ4v) is 1.46. The second kappa shape index (κ2) is 3.76. The topological polar surface area (TPSA) is 86.2 Å². The smallest absolute Gasteiger partial charge is 0.209 e. The first-order valence-electron chi connectivity index (χ1n) is 3.82. The van der Waals surface area contributed by atoms with Gasteiger partial charge in [0.1, 0.15) is 0 Å². The molecule has 1 rings (SSSR count). The monoisotopic (exact) mass is 200 g/mol. The van der Waals surface area contributed by atoms with Crippen molar-refractivity contribution in [2.45, 2.75) is 6.42 Å². The van der Waals surface area contributed by atoms with E-state index < -0.39 is 10.0 Å². The summed E-state index contributed by atoms with van der Waals surface area (Å²) in [6, 6.07) is 7.05. The lowest BCUT2D eigenvalue weighted by molar-refractivity contribution is 0.597. The van der Waals surface area contributed by atoms with Gasteiger partial charge in [-0.3, -0.25) is 0 Å². The van der Waals surface area contributed by atoms with Crippen LogP contribution < -0.4 is 10.9 Å². The van der Waals surface area contributed by atoms with Crippen LogP contribution in [0.25, 0.3) is 0 Å². The Morgan fingerprint density at radius 3 is 2.15 bits per heavy atom. The quantitative estimate of drug-likeness (QED) is 0.678. The second-order valence-electron chi connectivity index (χ2n) is 2.86. The van der Waals surface area contributed by atoms with Crippen molar-refractivity contribution in [3.8, 4) is 0 Å². The average molecular weight is 200 g/mol. The van der Waals surface area contributed by atoms with Gasteiger partial charge in [-0.05, 0) is 24.1 Å². The third-order valence-corrected chi connectivity index (χ3v) is 2.43. The van der Waals surface area contributed by atoms with E-state index in [4.69, 9.17) is 10.9 Å². The third-order valence-electron chi connectivity index (χ3n) is 1.65. The Bertz CT molecular complexity index is 370. The van der Waals surface area contributed by atoms with Crippen LogP contribution in [0.1, 0.15) is 5.56 Å². The van der Waals surface area contributed by atoms with Crippen molar-refractivity contribution < 1.29 is 8.42 Å². The number of nitrogens with two attached hydrogens (primary N) is 2. The van der Waals surface area contributed by atoms with Crippen molar-refractivity contribution in [2.24, 2.45) is 5.14 Å². The van der Waals surface area contributed by atoms with Gasteiger partial charge in [0.2, 0.25) is 10.0 Å². The molecule has 4 nitrogen and oxygen atoms in total.